The van der Waals surface area contributed by atoms with Crippen molar-refractivity contribution in [2.75, 3.05) is 13.1 Å². The van der Waals surface area contributed by atoms with Gasteiger partial charge in [-0.2, -0.15) is 4.68 Å². The van der Waals surface area contributed by atoms with Crippen molar-refractivity contribution in [2.24, 2.45) is 0 Å². The van der Waals surface area contributed by atoms with Crippen molar-refractivity contribution < 1.29 is 13.2 Å². The molecular formula is C14H26N4O3S. The van der Waals surface area contributed by atoms with E-state index < -0.39 is 15.1 Å². The van der Waals surface area contributed by atoms with Crippen molar-refractivity contribution in [3.8, 4) is 0 Å². The minimum absolute atomic E-state index is 0.291. The van der Waals surface area contributed by atoms with Crippen molar-refractivity contribution in [1.29, 1.82) is 0 Å². The van der Waals surface area contributed by atoms with E-state index in [2.05, 4.69) is 17.0 Å². The molecule has 0 saturated heterocycles. The molecule has 0 spiro atoms. The lowest BCUT2D eigenvalue weighted by Gasteiger charge is -2.21. The Kier molecular flexibility index (Phi) is 6.99. The average Bonchev–Trinajstić information content (AvgIpc) is 2.96. The molecule has 8 heteroatoms. The van der Waals surface area contributed by atoms with Crippen molar-refractivity contribution in [3.05, 3.63) is 6.33 Å². The Hall–Kier alpha value is -1.44. The molecule has 0 N–H and O–H groups in total. The summed E-state index contributed by atoms with van der Waals surface area (Å²) in [5.74, 6) is 0. The number of nitrogens with zero attached hydrogens (tertiary/aromatic N) is 4. The third kappa shape index (κ3) is 4.53. The maximum Gasteiger partial charge on any atom is 0.346 e. The van der Waals surface area contributed by atoms with Crippen LogP contribution in [0.4, 0.5) is 4.79 Å². The van der Waals surface area contributed by atoms with Crippen LogP contribution >= 0.6 is 0 Å². The second-order valence-electron chi connectivity index (χ2n) is 5.54. The van der Waals surface area contributed by atoms with E-state index in [9.17, 15) is 13.2 Å². The minimum atomic E-state index is -3.56. The average molecular weight is 330 g/mol. The molecule has 0 aliphatic rings. The lowest BCUT2D eigenvalue weighted by molar-refractivity contribution is 0.194. The summed E-state index contributed by atoms with van der Waals surface area (Å²) in [6.45, 7) is 8.49. The van der Waals surface area contributed by atoms with E-state index in [1.807, 2.05) is 6.92 Å². The maximum absolute atomic E-state index is 12.4. The molecule has 1 aromatic rings. The molecule has 0 fully saturated rings. The number of carbonyl (C=O) groups is 1. The molecule has 7 nitrogen and oxygen atoms in total. The lowest BCUT2D eigenvalue weighted by atomic mass is 10.2. The van der Waals surface area contributed by atoms with Crippen molar-refractivity contribution >= 4 is 15.9 Å². The third-order valence-corrected chi connectivity index (χ3v) is 5.27. The molecule has 0 atom stereocenters. The first-order valence-corrected chi connectivity index (χ1v) is 9.34. The van der Waals surface area contributed by atoms with E-state index in [1.165, 1.54) is 6.33 Å². The molecule has 0 bridgehead atoms. The van der Waals surface area contributed by atoms with Crippen LogP contribution in [0.5, 0.6) is 0 Å². The highest BCUT2D eigenvalue weighted by molar-refractivity contribution is 7.91. The summed E-state index contributed by atoms with van der Waals surface area (Å²) in [4.78, 5) is 17.9. The molecular weight excluding hydrogens is 304 g/mol. The van der Waals surface area contributed by atoms with Crippen LogP contribution < -0.4 is 0 Å². The van der Waals surface area contributed by atoms with Gasteiger partial charge in [0, 0.05) is 13.1 Å². The van der Waals surface area contributed by atoms with Gasteiger partial charge in [-0.05, 0) is 26.7 Å². The molecule has 0 unspecified atom stereocenters. The SMILES string of the molecule is CCCCCN(CCC)C(=O)n1cnc(S(=O)(=O)C(C)C)n1. The summed E-state index contributed by atoms with van der Waals surface area (Å²) >= 11 is 0. The fourth-order valence-corrected chi connectivity index (χ4v) is 2.77. The number of carbonyl (C=O) groups excluding carboxylic acids is 1. The molecule has 0 saturated carbocycles. The molecule has 22 heavy (non-hydrogen) atoms. The molecule has 0 aliphatic carbocycles. The van der Waals surface area contributed by atoms with Gasteiger partial charge in [-0.25, -0.2) is 18.2 Å². The van der Waals surface area contributed by atoms with Crippen LogP contribution in [0.15, 0.2) is 11.5 Å². The monoisotopic (exact) mass is 330 g/mol. The predicted octanol–water partition coefficient (Wildman–Crippen LogP) is 2.33. The number of aromatic nitrogens is 3. The summed E-state index contributed by atoms with van der Waals surface area (Å²) in [7, 11) is -3.56. The second kappa shape index (κ2) is 8.26. The van der Waals surface area contributed by atoms with E-state index >= 15 is 0 Å². The van der Waals surface area contributed by atoms with Gasteiger partial charge in [0.05, 0.1) is 5.25 Å². The van der Waals surface area contributed by atoms with Gasteiger partial charge in [0.25, 0.3) is 5.16 Å². The Bertz CT molecular complexity index is 581. The van der Waals surface area contributed by atoms with E-state index in [4.69, 9.17) is 0 Å². The van der Waals surface area contributed by atoms with Gasteiger partial charge in [0.2, 0.25) is 9.84 Å². The van der Waals surface area contributed by atoms with Crippen molar-refractivity contribution in [3.63, 3.8) is 0 Å². The Labute approximate surface area is 132 Å². The Morgan fingerprint density at radius 1 is 1.23 bits per heavy atom. The first-order valence-electron chi connectivity index (χ1n) is 7.79. The first-order chi connectivity index (χ1) is 10.3. The van der Waals surface area contributed by atoms with E-state index in [0.29, 0.717) is 13.1 Å². The molecule has 1 rings (SSSR count). The fourth-order valence-electron chi connectivity index (χ4n) is 1.95. The normalized spacial score (nSPS) is 11.9. The number of amides is 1. The van der Waals surface area contributed by atoms with Gasteiger partial charge in [0.1, 0.15) is 6.33 Å². The largest absolute Gasteiger partial charge is 0.346 e. The summed E-state index contributed by atoms with van der Waals surface area (Å²) in [6, 6.07) is -0.323. The molecule has 1 aromatic heterocycles. The standard InChI is InChI=1S/C14H26N4O3S/c1-5-7-8-10-17(9-6-2)14(19)18-11-15-13(16-18)22(20,21)12(3)4/h11-12H,5-10H2,1-4H3. The maximum atomic E-state index is 12.4. The summed E-state index contributed by atoms with van der Waals surface area (Å²) < 4.78 is 25.0. The Morgan fingerprint density at radius 3 is 2.45 bits per heavy atom. The zero-order chi connectivity index (χ0) is 16.8. The summed E-state index contributed by atoms with van der Waals surface area (Å²) in [6.07, 6.45) is 5.07. The van der Waals surface area contributed by atoms with Gasteiger partial charge in [-0.3, -0.25) is 0 Å². The van der Waals surface area contributed by atoms with Gasteiger partial charge >= 0.3 is 6.03 Å². The molecule has 1 amide bonds. The molecule has 0 aromatic carbocycles. The van der Waals surface area contributed by atoms with Crippen LogP contribution in [0.1, 0.15) is 53.4 Å². The van der Waals surface area contributed by atoms with Crippen LogP contribution in [-0.2, 0) is 9.84 Å². The zero-order valence-electron chi connectivity index (χ0n) is 13.8. The molecule has 0 radical (unpaired) electrons. The minimum Gasteiger partial charge on any atom is -0.323 e. The summed E-state index contributed by atoms with van der Waals surface area (Å²) in [5.41, 5.74) is 0. The van der Waals surface area contributed by atoms with Crippen LogP contribution in [0.25, 0.3) is 0 Å². The topological polar surface area (TPSA) is 85.2 Å². The van der Waals surface area contributed by atoms with Gasteiger partial charge in [-0.1, -0.05) is 26.7 Å². The second-order valence-corrected chi connectivity index (χ2v) is 7.94. The summed E-state index contributed by atoms with van der Waals surface area (Å²) in [5, 5.41) is 2.95. The van der Waals surface area contributed by atoms with Gasteiger partial charge in [0.15, 0.2) is 0 Å². The number of hydrogen-bond donors (Lipinski definition) is 0. The number of hydrogen-bond acceptors (Lipinski definition) is 5. The molecule has 1 heterocycles. The van der Waals surface area contributed by atoms with Gasteiger partial charge < -0.3 is 4.90 Å². The van der Waals surface area contributed by atoms with Crippen LogP contribution in [0.3, 0.4) is 0 Å². The van der Waals surface area contributed by atoms with Crippen molar-refractivity contribution in [2.45, 2.75) is 63.8 Å². The molecule has 126 valence electrons. The van der Waals surface area contributed by atoms with E-state index in [0.717, 1.165) is 30.4 Å². The van der Waals surface area contributed by atoms with E-state index in [-0.39, 0.29) is 11.2 Å². The van der Waals surface area contributed by atoms with E-state index in [1.54, 1.807) is 18.7 Å². The first kappa shape index (κ1) is 18.6. The number of unbranched alkanes of at least 4 members (excludes halogenated alkanes) is 2. The van der Waals surface area contributed by atoms with Crippen LogP contribution in [0, 0.1) is 0 Å². The highest BCUT2D eigenvalue weighted by atomic mass is 32.2. The molecule has 0 aliphatic heterocycles. The predicted molar refractivity (Wildman–Crippen MR) is 84.5 cm³/mol. The highest BCUT2D eigenvalue weighted by Crippen LogP contribution is 2.11. The number of sulfone groups is 1. The van der Waals surface area contributed by atoms with Gasteiger partial charge in [-0.15, -0.1) is 5.10 Å². The smallest absolute Gasteiger partial charge is 0.323 e. The van der Waals surface area contributed by atoms with Crippen molar-refractivity contribution in [1.82, 2.24) is 19.7 Å². The fraction of sp³-hybridized carbons (Fsp3) is 0.786. The third-order valence-electron chi connectivity index (χ3n) is 3.34. The number of rotatable bonds is 8. The zero-order valence-corrected chi connectivity index (χ0v) is 14.6. The lowest BCUT2D eigenvalue weighted by Crippen LogP contribution is -2.36. The quantitative estimate of drug-likeness (QED) is 0.683. The Morgan fingerprint density at radius 2 is 1.91 bits per heavy atom. The van der Waals surface area contributed by atoms with Crippen LogP contribution in [-0.4, -0.2) is 52.5 Å². The van der Waals surface area contributed by atoms with Crippen LogP contribution in [0.2, 0.25) is 0 Å². The highest BCUT2D eigenvalue weighted by Gasteiger charge is 2.26. The Balaban J connectivity index is 2.89.